The van der Waals surface area contributed by atoms with Gasteiger partial charge in [-0.3, -0.25) is 14.5 Å². The maximum absolute atomic E-state index is 13.0. The Morgan fingerprint density at radius 2 is 1.84 bits per heavy atom. The van der Waals surface area contributed by atoms with E-state index < -0.39 is 0 Å². The molecular formula is C27H30ClN5O4. The lowest BCUT2D eigenvalue weighted by molar-refractivity contribution is -0.121. The second-order valence-electron chi connectivity index (χ2n) is 9.45. The van der Waals surface area contributed by atoms with Crippen LogP contribution in [0.4, 0.5) is 5.69 Å². The van der Waals surface area contributed by atoms with Crippen LogP contribution >= 0.6 is 11.6 Å². The smallest absolute Gasteiger partial charge is 0.253 e. The van der Waals surface area contributed by atoms with Gasteiger partial charge < -0.3 is 19.9 Å². The SMILES string of the molecule is O=C(NCC1CCCO1)c1ccccc1NC(=O)C1CCN(Cc2nc(-c3ccc(Cl)cc3)no2)CC1. The zero-order valence-corrected chi connectivity index (χ0v) is 21.2. The summed E-state index contributed by atoms with van der Waals surface area (Å²) >= 11 is 5.95. The molecule has 0 bridgehead atoms. The summed E-state index contributed by atoms with van der Waals surface area (Å²) in [4.78, 5) is 32.5. The van der Waals surface area contributed by atoms with E-state index in [0.717, 1.165) is 38.1 Å². The van der Waals surface area contributed by atoms with Gasteiger partial charge in [-0.2, -0.15) is 4.98 Å². The monoisotopic (exact) mass is 523 g/mol. The standard InChI is InChI=1S/C27H30ClN5O4/c28-20-9-7-18(8-10-20)25-31-24(37-32-25)17-33-13-11-19(12-14-33)26(34)30-23-6-2-1-5-22(23)27(35)29-16-21-4-3-15-36-21/h1-2,5-10,19,21H,3-4,11-17H2,(H,29,35)(H,30,34). The second kappa shape index (κ2) is 11.9. The van der Waals surface area contributed by atoms with Gasteiger partial charge in [0.05, 0.1) is 23.9 Å². The third-order valence-corrected chi connectivity index (χ3v) is 7.08. The zero-order valence-electron chi connectivity index (χ0n) is 20.5. The summed E-state index contributed by atoms with van der Waals surface area (Å²) in [6, 6.07) is 14.4. The van der Waals surface area contributed by atoms with Crippen LogP contribution in [-0.2, 0) is 16.1 Å². The lowest BCUT2D eigenvalue weighted by atomic mass is 9.95. The summed E-state index contributed by atoms with van der Waals surface area (Å²) in [6.07, 6.45) is 3.44. The molecule has 10 heteroatoms. The summed E-state index contributed by atoms with van der Waals surface area (Å²) in [5.41, 5.74) is 1.83. The van der Waals surface area contributed by atoms with E-state index in [1.54, 1.807) is 30.3 Å². The van der Waals surface area contributed by atoms with Crippen molar-refractivity contribution >= 4 is 29.1 Å². The van der Waals surface area contributed by atoms with Crippen LogP contribution in [0.1, 0.15) is 41.9 Å². The van der Waals surface area contributed by atoms with E-state index in [9.17, 15) is 9.59 Å². The molecule has 0 saturated carbocycles. The van der Waals surface area contributed by atoms with Crippen molar-refractivity contribution in [3.8, 4) is 11.4 Å². The van der Waals surface area contributed by atoms with Crippen molar-refractivity contribution in [2.75, 3.05) is 31.6 Å². The molecule has 0 spiro atoms. The van der Waals surface area contributed by atoms with E-state index in [4.69, 9.17) is 20.9 Å². The van der Waals surface area contributed by atoms with Crippen LogP contribution in [0.15, 0.2) is 53.1 Å². The van der Waals surface area contributed by atoms with Gasteiger partial charge in [0.1, 0.15) is 0 Å². The van der Waals surface area contributed by atoms with Crippen molar-refractivity contribution in [2.24, 2.45) is 5.92 Å². The van der Waals surface area contributed by atoms with Crippen LogP contribution in [0.3, 0.4) is 0 Å². The first-order chi connectivity index (χ1) is 18.0. The molecule has 37 heavy (non-hydrogen) atoms. The molecule has 1 unspecified atom stereocenters. The first-order valence-corrected chi connectivity index (χ1v) is 13.0. The van der Waals surface area contributed by atoms with Crippen molar-refractivity contribution in [1.29, 1.82) is 0 Å². The van der Waals surface area contributed by atoms with E-state index in [0.29, 0.717) is 53.9 Å². The number of nitrogens with zero attached hydrogens (tertiary/aromatic N) is 3. The van der Waals surface area contributed by atoms with Gasteiger partial charge in [0, 0.05) is 29.7 Å². The molecule has 194 valence electrons. The normalized spacial score (nSPS) is 18.6. The molecule has 2 aromatic carbocycles. The van der Waals surface area contributed by atoms with Gasteiger partial charge in [-0.15, -0.1) is 0 Å². The number of hydrogen-bond donors (Lipinski definition) is 2. The van der Waals surface area contributed by atoms with E-state index in [1.165, 1.54) is 0 Å². The van der Waals surface area contributed by atoms with Crippen molar-refractivity contribution in [3.05, 3.63) is 65.0 Å². The number of carbonyl (C=O) groups is 2. The first-order valence-electron chi connectivity index (χ1n) is 12.7. The highest BCUT2D eigenvalue weighted by molar-refractivity contribution is 6.30. The highest BCUT2D eigenvalue weighted by Crippen LogP contribution is 2.24. The van der Waals surface area contributed by atoms with E-state index in [-0.39, 0.29) is 23.8 Å². The fraction of sp³-hybridized carbons (Fsp3) is 0.407. The summed E-state index contributed by atoms with van der Waals surface area (Å²) in [6.45, 7) is 3.22. The number of para-hydroxylation sites is 1. The van der Waals surface area contributed by atoms with Crippen LogP contribution in [-0.4, -0.2) is 59.2 Å². The number of aromatic nitrogens is 2. The lowest BCUT2D eigenvalue weighted by Gasteiger charge is -2.30. The number of rotatable bonds is 8. The van der Waals surface area contributed by atoms with Crippen LogP contribution in [0.2, 0.25) is 5.02 Å². The van der Waals surface area contributed by atoms with E-state index in [1.807, 2.05) is 18.2 Å². The van der Waals surface area contributed by atoms with Gasteiger partial charge in [0.25, 0.3) is 5.91 Å². The maximum Gasteiger partial charge on any atom is 0.253 e. The highest BCUT2D eigenvalue weighted by atomic mass is 35.5. The minimum absolute atomic E-state index is 0.0621. The molecule has 2 aliphatic heterocycles. The number of halogens is 1. The number of ether oxygens (including phenoxy) is 1. The van der Waals surface area contributed by atoms with Gasteiger partial charge in [-0.1, -0.05) is 28.9 Å². The second-order valence-corrected chi connectivity index (χ2v) is 9.89. The minimum Gasteiger partial charge on any atom is -0.376 e. The lowest BCUT2D eigenvalue weighted by Crippen LogP contribution is -2.38. The molecular weight excluding hydrogens is 494 g/mol. The average Bonchev–Trinajstić information content (AvgIpc) is 3.61. The summed E-state index contributed by atoms with van der Waals surface area (Å²) in [7, 11) is 0. The number of piperidine rings is 1. The molecule has 0 radical (unpaired) electrons. The molecule has 2 saturated heterocycles. The van der Waals surface area contributed by atoms with Crippen molar-refractivity contribution in [2.45, 2.75) is 38.3 Å². The molecule has 9 nitrogen and oxygen atoms in total. The van der Waals surface area contributed by atoms with Gasteiger partial charge in [0.15, 0.2) is 0 Å². The number of carbonyl (C=O) groups excluding carboxylic acids is 2. The molecule has 2 N–H and O–H groups in total. The Hall–Kier alpha value is -3.27. The Morgan fingerprint density at radius 3 is 2.59 bits per heavy atom. The van der Waals surface area contributed by atoms with Crippen molar-refractivity contribution in [3.63, 3.8) is 0 Å². The predicted molar refractivity (Wildman–Crippen MR) is 139 cm³/mol. The quantitative estimate of drug-likeness (QED) is 0.456. The number of nitrogens with one attached hydrogen (secondary N) is 2. The van der Waals surface area contributed by atoms with Gasteiger partial charge in [-0.25, -0.2) is 0 Å². The Morgan fingerprint density at radius 1 is 1.05 bits per heavy atom. The summed E-state index contributed by atoms with van der Waals surface area (Å²) in [5, 5.41) is 10.6. The predicted octanol–water partition coefficient (Wildman–Crippen LogP) is 4.15. The van der Waals surface area contributed by atoms with Crippen LogP contribution in [0, 0.1) is 5.92 Å². The largest absolute Gasteiger partial charge is 0.376 e. The number of benzene rings is 2. The van der Waals surface area contributed by atoms with Crippen LogP contribution < -0.4 is 10.6 Å². The third kappa shape index (κ3) is 6.54. The molecule has 0 aliphatic carbocycles. The molecule has 1 aromatic heterocycles. The van der Waals surface area contributed by atoms with E-state index in [2.05, 4.69) is 25.7 Å². The fourth-order valence-corrected chi connectivity index (χ4v) is 4.84. The molecule has 1 atom stereocenters. The van der Waals surface area contributed by atoms with Crippen LogP contribution in [0.25, 0.3) is 11.4 Å². The van der Waals surface area contributed by atoms with Crippen molar-refractivity contribution < 1.29 is 18.8 Å². The Balaban J connectivity index is 1.11. The Kier molecular flexibility index (Phi) is 8.13. The van der Waals surface area contributed by atoms with E-state index >= 15 is 0 Å². The first kappa shape index (κ1) is 25.4. The number of hydrogen-bond acceptors (Lipinski definition) is 7. The average molecular weight is 524 g/mol. The van der Waals surface area contributed by atoms with Crippen LogP contribution in [0.5, 0.6) is 0 Å². The molecule has 3 heterocycles. The maximum atomic E-state index is 13.0. The third-order valence-electron chi connectivity index (χ3n) is 6.83. The summed E-state index contributed by atoms with van der Waals surface area (Å²) in [5.74, 6) is 0.655. The fourth-order valence-electron chi connectivity index (χ4n) is 4.71. The molecule has 3 aromatic rings. The topological polar surface area (TPSA) is 110 Å². The highest BCUT2D eigenvalue weighted by Gasteiger charge is 2.27. The summed E-state index contributed by atoms with van der Waals surface area (Å²) < 4.78 is 11.0. The van der Waals surface area contributed by atoms with Gasteiger partial charge >= 0.3 is 0 Å². The molecule has 2 amide bonds. The Labute approximate surface area is 220 Å². The number of amides is 2. The molecule has 2 aliphatic rings. The molecule has 2 fully saturated rings. The van der Waals surface area contributed by atoms with Crippen molar-refractivity contribution in [1.82, 2.24) is 20.4 Å². The van der Waals surface area contributed by atoms with Gasteiger partial charge in [0.2, 0.25) is 17.6 Å². The zero-order chi connectivity index (χ0) is 25.6. The minimum atomic E-state index is -0.209. The Bertz CT molecular complexity index is 1220. The molecule has 5 rings (SSSR count). The van der Waals surface area contributed by atoms with Gasteiger partial charge in [-0.05, 0) is 75.2 Å². The number of anilines is 1. The number of likely N-dealkylation sites (tertiary alicyclic amines) is 1.